The van der Waals surface area contributed by atoms with Crippen molar-refractivity contribution in [2.24, 2.45) is 0 Å². The van der Waals surface area contributed by atoms with Gasteiger partial charge in [-0.15, -0.1) is 0 Å². The van der Waals surface area contributed by atoms with Crippen molar-refractivity contribution in [3.63, 3.8) is 0 Å². The molecule has 0 aromatic carbocycles. The zero-order valence-electron chi connectivity index (χ0n) is 5.69. The van der Waals surface area contributed by atoms with Crippen molar-refractivity contribution in [1.82, 2.24) is 4.57 Å². The van der Waals surface area contributed by atoms with Gasteiger partial charge in [-0.25, -0.2) is 0 Å². The van der Waals surface area contributed by atoms with Gasteiger partial charge in [0.25, 0.3) is 0 Å². The van der Waals surface area contributed by atoms with Gasteiger partial charge in [0.15, 0.2) is 0 Å². The van der Waals surface area contributed by atoms with E-state index in [9.17, 15) is 0 Å². The Hall–Kier alpha value is -0.430. The molecule has 1 nitrogen and oxygen atoms in total. The Morgan fingerprint density at radius 1 is 1.67 bits per heavy atom. The van der Waals surface area contributed by atoms with E-state index in [1.54, 1.807) is 0 Å². The lowest BCUT2D eigenvalue weighted by molar-refractivity contribution is 0.768. The van der Waals surface area contributed by atoms with Gasteiger partial charge in [-0.05, 0) is 25.5 Å². The van der Waals surface area contributed by atoms with Crippen molar-refractivity contribution in [2.75, 3.05) is 0 Å². The standard InChI is InChI=1S/C7H10ClN/c1-3-9-5-6(2)4-7(9)8/h4-5H,3H2,1-2H3. The van der Waals surface area contributed by atoms with Crippen molar-refractivity contribution in [1.29, 1.82) is 0 Å². The summed E-state index contributed by atoms with van der Waals surface area (Å²) in [4.78, 5) is 0. The van der Waals surface area contributed by atoms with Gasteiger partial charge in [0.2, 0.25) is 0 Å². The molecule has 0 radical (unpaired) electrons. The highest BCUT2D eigenvalue weighted by Gasteiger charge is 1.95. The third kappa shape index (κ3) is 1.28. The Kier molecular flexibility index (Phi) is 1.81. The largest absolute Gasteiger partial charge is 0.339 e. The first-order valence-corrected chi connectivity index (χ1v) is 3.44. The van der Waals surface area contributed by atoms with Crippen LogP contribution < -0.4 is 0 Å². The molecule has 0 amide bonds. The molecule has 9 heavy (non-hydrogen) atoms. The van der Waals surface area contributed by atoms with Gasteiger partial charge in [0, 0.05) is 12.7 Å². The van der Waals surface area contributed by atoms with Crippen LogP contribution in [0.25, 0.3) is 0 Å². The second kappa shape index (κ2) is 2.44. The highest BCUT2D eigenvalue weighted by atomic mass is 35.5. The van der Waals surface area contributed by atoms with Crippen LogP contribution in [0.5, 0.6) is 0 Å². The lowest BCUT2D eigenvalue weighted by Gasteiger charge is -1.95. The molecule has 1 heterocycles. The van der Waals surface area contributed by atoms with Crippen LogP contribution in [0, 0.1) is 6.92 Å². The van der Waals surface area contributed by atoms with Crippen LogP contribution in [-0.4, -0.2) is 4.57 Å². The highest BCUT2D eigenvalue weighted by Crippen LogP contribution is 2.12. The molecule has 0 spiro atoms. The number of halogens is 1. The van der Waals surface area contributed by atoms with E-state index in [0.717, 1.165) is 11.7 Å². The lowest BCUT2D eigenvalue weighted by Crippen LogP contribution is -1.89. The molecule has 0 aliphatic heterocycles. The molecular weight excluding hydrogens is 134 g/mol. The van der Waals surface area contributed by atoms with Crippen LogP contribution in [0.15, 0.2) is 12.3 Å². The van der Waals surface area contributed by atoms with E-state index >= 15 is 0 Å². The minimum atomic E-state index is 0.829. The third-order valence-corrected chi connectivity index (χ3v) is 1.65. The number of hydrogen-bond donors (Lipinski definition) is 0. The normalized spacial score (nSPS) is 10.1. The van der Waals surface area contributed by atoms with Crippen molar-refractivity contribution in [3.05, 3.63) is 23.0 Å². The van der Waals surface area contributed by atoms with Crippen LogP contribution in [-0.2, 0) is 6.54 Å². The summed E-state index contributed by atoms with van der Waals surface area (Å²) in [5, 5.41) is 0.829. The van der Waals surface area contributed by atoms with Crippen molar-refractivity contribution in [3.8, 4) is 0 Å². The fraction of sp³-hybridized carbons (Fsp3) is 0.429. The summed E-state index contributed by atoms with van der Waals surface area (Å²) < 4.78 is 2.01. The van der Waals surface area contributed by atoms with Gasteiger partial charge in [-0.2, -0.15) is 0 Å². The smallest absolute Gasteiger partial charge is 0.109 e. The third-order valence-electron chi connectivity index (χ3n) is 1.32. The second-order valence-electron chi connectivity index (χ2n) is 2.13. The number of nitrogens with zero attached hydrogens (tertiary/aromatic N) is 1. The van der Waals surface area contributed by atoms with Crippen molar-refractivity contribution in [2.45, 2.75) is 20.4 Å². The number of hydrogen-bond acceptors (Lipinski definition) is 0. The van der Waals surface area contributed by atoms with Gasteiger partial charge in [0.05, 0.1) is 0 Å². The Morgan fingerprint density at radius 2 is 2.33 bits per heavy atom. The summed E-state index contributed by atoms with van der Waals surface area (Å²) in [5.74, 6) is 0. The fourth-order valence-corrected chi connectivity index (χ4v) is 1.20. The first-order chi connectivity index (χ1) is 4.24. The first kappa shape index (κ1) is 6.69. The van der Waals surface area contributed by atoms with E-state index < -0.39 is 0 Å². The Balaban J connectivity index is 3.01. The van der Waals surface area contributed by atoms with Crippen LogP contribution in [0.1, 0.15) is 12.5 Å². The van der Waals surface area contributed by atoms with E-state index in [1.165, 1.54) is 5.56 Å². The summed E-state index contributed by atoms with van der Waals surface area (Å²) in [6.45, 7) is 5.07. The van der Waals surface area contributed by atoms with Crippen molar-refractivity contribution >= 4 is 11.6 Å². The Morgan fingerprint density at radius 3 is 2.56 bits per heavy atom. The maximum absolute atomic E-state index is 5.81. The fourth-order valence-electron chi connectivity index (χ4n) is 0.858. The molecule has 0 fully saturated rings. The van der Waals surface area contributed by atoms with E-state index in [4.69, 9.17) is 11.6 Å². The van der Waals surface area contributed by atoms with Crippen LogP contribution in [0.2, 0.25) is 5.15 Å². The lowest BCUT2D eigenvalue weighted by atomic mass is 10.4. The molecule has 50 valence electrons. The average Bonchev–Trinajstić information content (AvgIpc) is 2.10. The van der Waals surface area contributed by atoms with Crippen LogP contribution in [0.3, 0.4) is 0 Å². The maximum atomic E-state index is 5.81. The highest BCUT2D eigenvalue weighted by molar-refractivity contribution is 6.29. The second-order valence-corrected chi connectivity index (χ2v) is 2.51. The number of aryl methyl sites for hydroxylation is 2. The van der Waals surface area contributed by atoms with Crippen LogP contribution in [0.4, 0.5) is 0 Å². The Bertz CT molecular complexity index is 203. The van der Waals surface area contributed by atoms with Gasteiger partial charge in [-0.1, -0.05) is 11.6 Å². The molecular formula is C7H10ClN. The summed E-state index contributed by atoms with van der Waals surface area (Å²) in [5.41, 5.74) is 1.22. The van der Waals surface area contributed by atoms with Gasteiger partial charge in [0.1, 0.15) is 5.15 Å². The molecule has 0 saturated heterocycles. The minimum absolute atomic E-state index is 0.829. The average molecular weight is 144 g/mol. The predicted octanol–water partition coefficient (Wildman–Crippen LogP) is 2.47. The molecule has 2 heteroatoms. The van der Waals surface area contributed by atoms with Gasteiger partial charge in [-0.3, -0.25) is 0 Å². The molecule has 1 aromatic rings. The maximum Gasteiger partial charge on any atom is 0.109 e. The van der Waals surface area contributed by atoms with E-state index in [2.05, 4.69) is 6.92 Å². The zero-order valence-corrected chi connectivity index (χ0v) is 6.44. The van der Waals surface area contributed by atoms with E-state index in [-0.39, 0.29) is 0 Å². The number of aromatic nitrogens is 1. The molecule has 0 saturated carbocycles. The van der Waals surface area contributed by atoms with Crippen LogP contribution >= 0.6 is 11.6 Å². The molecule has 0 aliphatic carbocycles. The monoisotopic (exact) mass is 143 g/mol. The van der Waals surface area contributed by atoms with Gasteiger partial charge >= 0.3 is 0 Å². The number of rotatable bonds is 1. The summed E-state index contributed by atoms with van der Waals surface area (Å²) in [7, 11) is 0. The van der Waals surface area contributed by atoms with E-state index in [1.807, 2.05) is 23.8 Å². The quantitative estimate of drug-likeness (QED) is 0.569. The predicted molar refractivity (Wildman–Crippen MR) is 39.9 cm³/mol. The van der Waals surface area contributed by atoms with Crippen molar-refractivity contribution < 1.29 is 0 Å². The molecule has 0 unspecified atom stereocenters. The zero-order chi connectivity index (χ0) is 6.85. The Labute approximate surface area is 60.2 Å². The minimum Gasteiger partial charge on any atom is -0.339 e. The first-order valence-electron chi connectivity index (χ1n) is 3.06. The molecule has 0 N–H and O–H groups in total. The van der Waals surface area contributed by atoms with Gasteiger partial charge < -0.3 is 4.57 Å². The molecule has 0 aliphatic rings. The SMILES string of the molecule is CCn1cc(C)cc1Cl. The van der Waals surface area contributed by atoms with E-state index in [0.29, 0.717) is 0 Å². The summed E-state index contributed by atoms with van der Waals surface area (Å²) in [6.07, 6.45) is 2.04. The molecule has 1 rings (SSSR count). The summed E-state index contributed by atoms with van der Waals surface area (Å²) >= 11 is 5.81. The summed E-state index contributed by atoms with van der Waals surface area (Å²) in [6, 6.07) is 1.96. The topological polar surface area (TPSA) is 4.93 Å². The molecule has 0 bridgehead atoms. The molecule has 1 aromatic heterocycles. The molecule has 0 atom stereocenters.